The monoisotopic (exact) mass is 579 g/mol. The highest BCUT2D eigenvalue weighted by molar-refractivity contribution is 7.99. The van der Waals surface area contributed by atoms with Crippen molar-refractivity contribution in [3.8, 4) is 0 Å². The predicted octanol–water partition coefficient (Wildman–Crippen LogP) is 4.41. The molecule has 4 fully saturated rings. The number of nitroso groups, excluding NO2 is 1. The Hall–Kier alpha value is -1.95. The van der Waals surface area contributed by atoms with Crippen LogP contribution in [0.4, 0.5) is 4.39 Å². The number of hydrogen-bond donors (Lipinski definition) is 1. The van der Waals surface area contributed by atoms with Gasteiger partial charge >= 0.3 is 5.97 Å². The molecule has 0 aromatic rings. The van der Waals surface area contributed by atoms with Crippen molar-refractivity contribution in [1.29, 1.82) is 0 Å². The second-order valence-corrected chi connectivity index (χ2v) is 15.0. The van der Waals surface area contributed by atoms with Crippen LogP contribution < -0.4 is 0 Å². The number of Topliss-reactive ketones (excluding diaryl/α,β-unsaturated/α-hetero) is 1. The van der Waals surface area contributed by atoms with Gasteiger partial charge in [-0.1, -0.05) is 19.9 Å². The summed E-state index contributed by atoms with van der Waals surface area (Å²) in [5, 5.41) is 11.7. The zero-order valence-corrected chi connectivity index (χ0v) is 24.6. The maximum Gasteiger partial charge on any atom is 0.307 e. The third kappa shape index (κ3) is 4.34. The average Bonchev–Trinajstić information content (AvgIpc) is 3.24. The summed E-state index contributed by atoms with van der Waals surface area (Å²) in [6.07, 6.45) is 2.22. The Morgan fingerprint density at radius 1 is 1.25 bits per heavy atom. The predicted molar refractivity (Wildman–Crippen MR) is 144 cm³/mol. The molecule has 5 rings (SSSR count). The third-order valence-corrected chi connectivity index (χ3v) is 10.8. The van der Waals surface area contributed by atoms with Crippen LogP contribution in [0.3, 0.4) is 0 Å². The summed E-state index contributed by atoms with van der Waals surface area (Å²) in [5.74, 6) is -3.35. The summed E-state index contributed by atoms with van der Waals surface area (Å²) in [5.41, 5.74) is -2.87. The SMILES string of the molecule is CC1(C)O[C@@H]2C[C@H]3[C@@H]4C[C@H](F)C5=CC(=O)C=C[C@]5(C)[C@H]4[C@@H](O)C[C@]3(C)[C@]2(C(=O)COC(=O)CC(C)(C)SN=O)O1. The van der Waals surface area contributed by atoms with Crippen LogP contribution in [0.2, 0.25) is 0 Å². The summed E-state index contributed by atoms with van der Waals surface area (Å²) in [4.78, 5) is 49.4. The number of rotatable bonds is 7. The van der Waals surface area contributed by atoms with Gasteiger partial charge in [-0.15, -0.1) is 4.91 Å². The summed E-state index contributed by atoms with van der Waals surface area (Å²) in [7, 11) is 0. The highest BCUT2D eigenvalue weighted by Crippen LogP contribution is 2.70. The highest BCUT2D eigenvalue weighted by atomic mass is 32.2. The fourth-order valence-electron chi connectivity index (χ4n) is 8.72. The van der Waals surface area contributed by atoms with E-state index in [1.807, 2.05) is 13.8 Å². The van der Waals surface area contributed by atoms with E-state index in [-0.39, 0.29) is 42.8 Å². The molecule has 0 aromatic heterocycles. The molecule has 0 aromatic carbocycles. The lowest BCUT2D eigenvalue weighted by Crippen LogP contribution is -2.64. The van der Waals surface area contributed by atoms with E-state index in [0.29, 0.717) is 12.0 Å². The first-order valence-corrected chi connectivity index (χ1v) is 14.6. The van der Waals surface area contributed by atoms with Gasteiger partial charge in [-0.05, 0) is 76.5 Å². The minimum Gasteiger partial charge on any atom is -0.457 e. The molecule has 0 radical (unpaired) electrons. The van der Waals surface area contributed by atoms with Crippen LogP contribution in [0.1, 0.15) is 67.2 Å². The van der Waals surface area contributed by atoms with Crippen LogP contribution in [0, 0.1) is 33.5 Å². The molecule has 3 saturated carbocycles. The second-order valence-electron chi connectivity index (χ2n) is 13.6. The van der Waals surface area contributed by atoms with Crippen molar-refractivity contribution in [2.45, 2.75) is 102 Å². The van der Waals surface area contributed by atoms with E-state index in [0.717, 1.165) is 11.9 Å². The number of esters is 1. The van der Waals surface area contributed by atoms with Crippen molar-refractivity contribution in [2.24, 2.45) is 33.2 Å². The van der Waals surface area contributed by atoms with Gasteiger partial charge < -0.3 is 19.3 Å². The summed E-state index contributed by atoms with van der Waals surface area (Å²) in [6, 6.07) is 0. The first-order chi connectivity index (χ1) is 18.5. The number of carbonyl (C=O) groups excluding carboxylic acids is 3. The molecule has 9 atom stereocenters. The number of halogens is 1. The largest absolute Gasteiger partial charge is 0.457 e. The Morgan fingerprint density at radius 3 is 2.62 bits per heavy atom. The molecule has 5 aliphatic rings. The number of aliphatic hydroxyl groups is 1. The normalized spacial score (nSPS) is 43.2. The number of carbonyl (C=O) groups is 3. The lowest BCUT2D eigenvalue weighted by molar-refractivity contribution is -0.227. The van der Waals surface area contributed by atoms with Crippen molar-refractivity contribution in [3.05, 3.63) is 28.7 Å². The number of allylic oxidation sites excluding steroid dienone is 4. The molecule has 11 heteroatoms. The highest BCUT2D eigenvalue weighted by Gasteiger charge is 2.77. The molecule has 1 heterocycles. The van der Waals surface area contributed by atoms with Gasteiger partial charge in [-0.25, -0.2) is 4.39 Å². The maximum absolute atomic E-state index is 15.7. The van der Waals surface area contributed by atoms with E-state index in [9.17, 15) is 24.4 Å². The van der Waals surface area contributed by atoms with E-state index in [1.165, 1.54) is 12.2 Å². The second kappa shape index (κ2) is 9.54. The molecular weight excluding hydrogens is 541 g/mol. The van der Waals surface area contributed by atoms with Crippen molar-refractivity contribution < 1.29 is 38.1 Å². The van der Waals surface area contributed by atoms with E-state index >= 15 is 4.39 Å². The fourth-order valence-corrected chi connectivity index (χ4v) is 9.10. The van der Waals surface area contributed by atoms with Crippen LogP contribution >= 0.6 is 11.9 Å². The van der Waals surface area contributed by atoms with E-state index < -0.39 is 63.7 Å². The number of alkyl halides is 1. The minimum absolute atomic E-state index is 0.122. The third-order valence-electron chi connectivity index (χ3n) is 10.1. The van der Waals surface area contributed by atoms with Crippen LogP contribution in [0.5, 0.6) is 0 Å². The molecule has 220 valence electrons. The molecule has 1 saturated heterocycles. The Kier molecular flexibility index (Phi) is 7.04. The van der Waals surface area contributed by atoms with Crippen LogP contribution in [-0.4, -0.2) is 63.8 Å². The van der Waals surface area contributed by atoms with Crippen LogP contribution in [0.25, 0.3) is 0 Å². The van der Waals surface area contributed by atoms with Gasteiger partial charge in [-0.3, -0.25) is 14.4 Å². The average molecular weight is 580 g/mol. The topological polar surface area (TPSA) is 129 Å². The molecule has 0 bridgehead atoms. The lowest BCUT2D eigenvalue weighted by Gasteiger charge is -2.60. The molecule has 4 aliphatic carbocycles. The van der Waals surface area contributed by atoms with Gasteiger partial charge in [0.2, 0.25) is 5.78 Å². The first kappa shape index (κ1) is 29.5. The van der Waals surface area contributed by atoms with Gasteiger partial charge in [0.25, 0.3) is 0 Å². The molecule has 0 unspecified atom stereocenters. The Morgan fingerprint density at radius 2 is 1.95 bits per heavy atom. The van der Waals surface area contributed by atoms with Gasteiger partial charge in [0.1, 0.15) is 6.17 Å². The van der Waals surface area contributed by atoms with Gasteiger partial charge in [0.05, 0.1) is 18.6 Å². The van der Waals surface area contributed by atoms with Crippen molar-refractivity contribution in [1.82, 2.24) is 0 Å². The van der Waals surface area contributed by atoms with Crippen molar-refractivity contribution in [3.63, 3.8) is 0 Å². The molecule has 0 spiro atoms. The number of aliphatic hydroxyl groups excluding tert-OH is 1. The summed E-state index contributed by atoms with van der Waals surface area (Å²) < 4.78 is 35.9. The zero-order valence-electron chi connectivity index (χ0n) is 23.8. The number of ketones is 2. The molecule has 1 N–H and O–H groups in total. The van der Waals surface area contributed by atoms with Gasteiger partial charge in [0, 0.05) is 38.0 Å². The number of nitrogens with zero attached hydrogens (tertiary/aromatic N) is 1. The Bertz CT molecular complexity index is 1200. The molecular formula is C29H38FNO8S. The minimum atomic E-state index is -1.51. The lowest BCUT2D eigenvalue weighted by atomic mass is 9.46. The van der Waals surface area contributed by atoms with Gasteiger partial charge in [-0.2, -0.15) is 0 Å². The molecule has 1 aliphatic heterocycles. The van der Waals surface area contributed by atoms with E-state index in [1.54, 1.807) is 33.8 Å². The maximum atomic E-state index is 15.7. The van der Waals surface area contributed by atoms with Crippen LogP contribution in [-0.2, 0) is 28.6 Å². The number of hydrogen-bond acceptors (Lipinski definition) is 10. The Labute approximate surface area is 237 Å². The molecule has 0 amide bonds. The number of ether oxygens (including phenoxy) is 3. The fraction of sp³-hybridized carbons (Fsp3) is 0.759. The standard InChI is InChI=1S/C29H38FNO8S/c1-25(2,40-31-36)13-23(35)37-14-21(34)29-22(38-26(3,4)39-29)11-17-16-10-19(30)18-9-15(32)7-8-27(18,5)24(16)20(33)12-28(17,29)6/h7-9,16-17,19-20,22,24,33H,10-14H2,1-6H3/t16-,17-,19-,20-,22+,24+,27-,28-,29+/m0/s1. The van der Waals surface area contributed by atoms with Crippen LogP contribution in [0.15, 0.2) is 28.4 Å². The van der Waals surface area contributed by atoms with Gasteiger partial charge in [0.15, 0.2) is 23.8 Å². The van der Waals surface area contributed by atoms with E-state index in [4.69, 9.17) is 14.2 Å². The first-order valence-electron chi connectivity index (χ1n) is 13.8. The number of fused-ring (bicyclic) bond motifs is 7. The van der Waals surface area contributed by atoms with E-state index in [2.05, 4.69) is 4.58 Å². The Balaban J connectivity index is 1.46. The van der Waals surface area contributed by atoms with Crippen molar-refractivity contribution >= 4 is 29.5 Å². The van der Waals surface area contributed by atoms with Crippen molar-refractivity contribution in [2.75, 3.05) is 6.61 Å². The smallest absolute Gasteiger partial charge is 0.307 e. The summed E-state index contributed by atoms with van der Waals surface area (Å²) >= 11 is 0.721. The molecule has 9 nitrogen and oxygen atoms in total. The molecule has 40 heavy (non-hydrogen) atoms. The zero-order chi connectivity index (χ0) is 29.5. The quantitative estimate of drug-likeness (QED) is 0.265. The summed E-state index contributed by atoms with van der Waals surface area (Å²) in [6.45, 7) is 10.0.